The summed E-state index contributed by atoms with van der Waals surface area (Å²) in [4.78, 5) is 2.00. The van der Waals surface area contributed by atoms with Crippen molar-refractivity contribution in [2.45, 2.75) is 39.2 Å². The van der Waals surface area contributed by atoms with Crippen LogP contribution in [0.15, 0.2) is 0 Å². The summed E-state index contributed by atoms with van der Waals surface area (Å²) >= 11 is 0. The van der Waals surface area contributed by atoms with E-state index in [9.17, 15) is 0 Å². The third-order valence-electron chi connectivity index (χ3n) is 1.01. The van der Waals surface area contributed by atoms with Gasteiger partial charge in [-0.3, -0.25) is 0 Å². The Kier molecular flexibility index (Phi) is 12.2. The maximum absolute atomic E-state index is 5.48. The molecule has 0 radical (unpaired) electrons. The van der Waals surface area contributed by atoms with E-state index in [1.165, 1.54) is 19.3 Å². The molecule has 2 heteroatoms. The maximum atomic E-state index is 5.48. The van der Waals surface area contributed by atoms with Gasteiger partial charge in [0.2, 0.25) is 0 Å². The van der Waals surface area contributed by atoms with E-state index in [4.69, 9.17) is 5.73 Å². The molecule has 1 atom stereocenters. The van der Waals surface area contributed by atoms with Crippen LogP contribution in [-0.4, -0.2) is 32.1 Å². The van der Waals surface area contributed by atoms with Crippen LogP contribution in [-0.2, 0) is 0 Å². The van der Waals surface area contributed by atoms with E-state index in [-0.39, 0.29) is 0 Å². The Hall–Kier alpha value is -0.0800. The average molecular weight is 160 g/mol. The van der Waals surface area contributed by atoms with Gasteiger partial charge < -0.3 is 10.6 Å². The van der Waals surface area contributed by atoms with Gasteiger partial charge in [0, 0.05) is 6.04 Å². The molecule has 0 heterocycles. The summed E-state index contributed by atoms with van der Waals surface area (Å²) < 4.78 is 0. The zero-order valence-corrected chi connectivity index (χ0v) is 8.72. The highest BCUT2D eigenvalue weighted by Crippen LogP contribution is 1.95. The standard InChI is InChI=1S/C6H15N.C3H9N/c1-3-4-5-6(2)7;1-4(2)3/h6H,3-5,7H2,1-2H3;1-3H3. The molecular formula is C9H24N2. The van der Waals surface area contributed by atoms with E-state index >= 15 is 0 Å². The first-order chi connectivity index (χ1) is 5.00. The van der Waals surface area contributed by atoms with E-state index < -0.39 is 0 Å². The number of nitrogens with zero attached hydrogens (tertiary/aromatic N) is 1. The third kappa shape index (κ3) is 40.5. The Morgan fingerprint density at radius 2 is 1.64 bits per heavy atom. The number of rotatable bonds is 3. The topological polar surface area (TPSA) is 29.3 Å². The van der Waals surface area contributed by atoms with Crippen molar-refractivity contribution in [3.05, 3.63) is 0 Å². The molecule has 0 spiro atoms. The van der Waals surface area contributed by atoms with Crippen molar-refractivity contribution < 1.29 is 0 Å². The van der Waals surface area contributed by atoms with Gasteiger partial charge in [0.25, 0.3) is 0 Å². The van der Waals surface area contributed by atoms with Gasteiger partial charge in [-0.2, -0.15) is 0 Å². The summed E-state index contributed by atoms with van der Waals surface area (Å²) in [7, 11) is 6.00. The van der Waals surface area contributed by atoms with Crippen LogP contribution in [0.4, 0.5) is 0 Å². The zero-order chi connectivity index (χ0) is 9.28. The molecule has 0 rings (SSSR count). The fraction of sp³-hybridized carbons (Fsp3) is 1.00. The third-order valence-corrected chi connectivity index (χ3v) is 1.01. The minimum absolute atomic E-state index is 0.403. The number of hydrogen-bond acceptors (Lipinski definition) is 2. The van der Waals surface area contributed by atoms with Crippen molar-refractivity contribution in [1.82, 2.24) is 4.90 Å². The van der Waals surface area contributed by atoms with Gasteiger partial charge >= 0.3 is 0 Å². The van der Waals surface area contributed by atoms with Crippen LogP contribution in [0.2, 0.25) is 0 Å². The van der Waals surface area contributed by atoms with E-state index in [0.717, 1.165) is 0 Å². The van der Waals surface area contributed by atoms with E-state index in [1.54, 1.807) is 0 Å². The number of unbranched alkanes of at least 4 members (excludes halogenated alkanes) is 1. The molecule has 0 aromatic heterocycles. The summed E-state index contributed by atoms with van der Waals surface area (Å²) in [6, 6.07) is 0.403. The molecule has 70 valence electrons. The lowest BCUT2D eigenvalue weighted by Crippen LogP contribution is -2.13. The van der Waals surface area contributed by atoms with Gasteiger partial charge in [0.1, 0.15) is 0 Å². The van der Waals surface area contributed by atoms with Crippen LogP contribution in [0, 0.1) is 0 Å². The lowest BCUT2D eigenvalue weighted by Gasteiger charge is -1.99. The molecule has 0 amide bonds. The van der Waals surface area contributed by atoms with E-state index in [0.29, 0.717) is 6.04 Å². The highest BCUT2D eigenvalue weighted by molar-refractivity contribution is 4.50. The van der Waals surface area contributed by atoms with E-state index in [1.807, 2.05) is 26.0 Å². The predicted octanol–water partition coefficient (Wildman–Crippen LogP) is 1.70. The molecule has 0 bridgehead atoms. The second-order valence-corrected chi connectivity index (χ2v) is 3.46. The molecule has 2 nitrogen and oxygen atoms in total. The molecule has 0 aliphatic carbocycles. The van der Waals surface area contributed by atoms with Crippen molar-refractivity contribution in [1.29, 1.82) is 0 Å². The fourth-order valence-electron chi connectivity index (χ4n) is 0.526. The van der Waals surface area contributed by atoms with Crippen LogP contribution in [0.25, 0.3) is 0 Å². The van der Waals surface area contributed by atoms with Crippen LogP contribution >= 0.6 is 0 Å². The monoisotopic (exact) mass is 160 g/mol. The summed E-state index contributed by atoms with van der Waals surface area (Å²) in [6.45, 7) is 4.23. The predicted molar refractivity (Wildman–Crippen MR) is 52.8 cm³/mol. The fourth-order valence-corrected chi connectivity index (χ4v) is 0.526. The van der Waals surface area contributed by atoms with Crippen LogP contribution in [0.3, 0.4) is 0 Å². The number of hydrogen-bond donors (Lipinski definition) is 1. The molecule has 1 unspecified atom stereocenters. The van der Waals surface area contributed by atoms with Crippen molar-refractivity contribution in [2.75, 3.05) is 21.1 Å². The quantitative estimate of drug-likeness (QED) is 0.681. The largest absolute Gasteiger partial charge is 0.328 e. The molecule has 0 saturated carbocycles. The minimum Gasteiger partial charge on any atom is -0.328 e. The molecule has 11 heavy (non-hydrogen) atoms. The van der Waals surface area contributed by atoms with Crippen LogP contribution in [0.5, 0.6) is 0 Å². The van der Waals surface area contributed by atoms with Gasteiger partial charge in [-0.15, -0.1) is 0 Å². The zero-order valence-electron chi connectivity index (χ0n) is 8.72. The van der Waals surface area contributed by atoms with Crippen molar-refractivity contribution in [2.24, 2.45) is 5.73 Å². The molecular weight excluding hydrogens is 136 g/mol. The Bertz CT molecular complexity index is 57.8. The Balaban J connectivity index is 0. The summed E-state index contributed by atoms with van der Waals surface area (Å²) in [6.07, 6.45) is 3.72. The lowest BCUT2D eigenvalue weighted by molar-refractivity contribution is 0.505. The first-order valence-corrected chi connectivity index (χ1v) is 4.37. The normalized spacial score (nSPS) is 12.3. The Morgan fingerprint density at radius 1 is 1.27 bits per heavy atom. The second-order valence-electron chi connectivity index (χ2n) is 3.46. The first kappa shape index (κ1) is 13.5. The molecule has 2 N–H and O–H groups in total. The van der Waals surface area contributed by atoms with Gasteiger partial charge in [-0.1, -0.05) is 19.8 Å². The SMILES string of the molecule is CCCCC(C)N.CN(C)C. The lowest BCUT2D eigenvalue weighted by atomic mass is 10.2. The average Bonchev–Trinajstić information content (AvgIpc) is 1.82. The summed E-state index contributed by atoms with van der Waals surface area (Å²) in [5.74, 6) is 0. The summed E-state index contributed by atoms with van der Waals surface area (Å²) in [5, 5.41) is 0. The molecule has 0 aliphatic rings. The van der Waals surface area contributed by atoms with Crippen molar-refractivity contribution >= 4 is 0 Å². The van der Waals surface area contributed by atoms with E-state index in [2.05, 4.69) is 13.8 Å². The van der Waals surface area contributed by atoms with Crippen LogP contribution in [0.1, 0.15) is 33.1 Å². The van der Waals surface area contributed by atoms with Crippen molar-refractivity contribution in [3.63, 3.8) is 0 Å². The summed E-state index contributed by atoms with van der Waals surface area (Å²) in [5.41, 5.74) is 5.48. The highest BCUT2D eigenvalue weighted by Gasteiger charge is 1.88. The van der Waals surface area contributed by atoms with Gasteiger partial charge in [0.05, 0.1) is 0 Å². The maximum Gasteiger partial charge on any atom is 0.00104 e. The van der Waals surface area contributed by atoms with Crippen LogP contribution < -0.4 is 5.73 Å². The molecule has 0 saturated heterocycles. The smallest absolute Gasteiger partial charge is 0.00104 e. The second kappa shape index (κ2) is 9.92. The molecule has 0 aromatic rings. The Labute approximate surface area is 71.8 Å². The minimum atomic E-state index is 0.403. The number of nitrogens with two attached hydrogens (primary N) is 1. The van der Waals surface area contributed by atoms with Gasteiger partial charge in [0.15, 0.2) is 0 Å². The molecule has 0 fully saturated rings. The highest BCUT2D eigenvalue weighted by atomic mass is 15.0. The Morgan fingerprint density at radius 3 is 1.73 bits per heavy atom. The van der Waals surface area contributed by atoms with Gasteiger partial charge in [-0.25, -0.2) is 0 Å². The molecule has 0 aliphatic heterocycles. The van der Waals surface area contributed by atoms with Crippen molar-refractivity contribution in [3.8, 4) is 0 Å². The molecule has 0 aromatic carbocycles. The first-order valence-electron chi connectivity index (χ1n) is 4.37. The van der Waals surface area contributed by atoms with Gasteiger partial charge in [-0.05, 0) is 34.5 Å².